The minimum absolute atomic E-state index is 0.0184. The summed E-state index contributed by atoms with van der Waals surface area (Å²) in [4.78, 5) is 63.3. The number of nitrogens with zero attached hydrogens (tertiary/aromatic N) is 2. The lowest BCUT2D eigenvalue weighted by atomic mass is 9.77. The number of sulfonamides is 1. The first kappa shape index (κ1) is 39.9. The van der Waals surface area contributed by atoms with E-state index in [0.29, 0.717) is 43.7 Å². The molecule has 3 fully saturated rings. The number of ketones is 2. The minimum atomic E-state index is -3.84. The smallest absolute Gasteiger partial charge is 0.240 e. The van der Waals surface area contributed by atoms with Crippen molar-refractivity contribution in [2.75, 3.05) is 13.7 Å². The molecule has 2 saturated carbocycles. The highest BCUT2D eigenvalue weighted by molar-refractivity contribution is 7.90. The molecule has 6 rings (SSSR count). The molecular formula is C42H57N3O8S. The predicted octanol–water partition coefficient (Wildman–Crippen LogP) is 6.58. The highest BCUT2D eigenvalue weighted by Gasteiger charge is 2.61. The number of Topliss-reactive ketones (excluding diaryl/α,β-unsaturated/α-hetero) is 2. The Morgan fingerprint density at radius 2 is 1.83 bits per heavy atom. The molecule has 4 aliphatic rings. The Kier molecular flexibility index (Phi) is 11.6. The van der Waals surface area contributed by atoms with Crippen molar-refractivity contribution in [3.8, 4) is 11.6 Å². The maximum Gasteiger partial charge on any atom is 0.240 e. The number of carbonyl (C=O) groups is 4. The summed E-state index contributed by atoms with van der Waals surface area (Å²) in [5.41, 5.74) is -1.47. The van der Waals surface area contributed by atoms with Crippen LogP contribution in [0.4, 0.5) is 0 Å². The van der Waals surface area contributed by atoms with Crippen LogP contribution in [0, 0.1) is 34.5 Å². The molecule has 2 amide bonds. The number of benzene rings is 1. The highest BCUT2D eigenvalue weighted by Crippen LogP contribution is 2.57. The largest absolute Gasteiger partial charge is 0.496 e. The molecule has 1 aromatic carbocycles. The Morgan fingerprint density at radius 3 is 2.52 bits per heavy atom. The molecular weight excluding hydrogens is 707 g/mol. The van der Waals surface area contributed by atoms with Crippen LogP contribution in [-0.4, -0.2) is 72.7 Å². The van der Waals surface area contributed by atoms with Gasteiger partial charge in [-0.1, -0.05) is 59.3 Å². The standard InChI is InChI=1S/C42H57N3O8S/c1-7-27-19-26(2)11-8-9-12-28-22-42(28,40(49)44-54(50,51)31-15-16-31)24-36(47)35-21-30(25-45(35)39(48)34(27)20-29(46)23-41(3,4)5)53-38-33-13-10-14-37(52-6)32(33)17-18-43-38/h9-10,12-14,17-18,26-28,30-31,34-35H,7-8,11,15-16,19-25H2,1-6H3,(H,44,49)/b12-9-/t26-,27-,28-,30-,34+,35+,42-/m1/s1. The summed E-state index contributed by atoms with van der Waals surface area (Å²) in [5, 5.41) is 0.951. The van der Waals surface area contributed by atoms with Crippen LogP contribution in [0.3, 0.4) is 0 Å². The van der Waals surface area contributed by atoms with Gasteiger partial charge in [-0.05, 0) is 79.9 Å². The van der Waals surface area contributed by atoms with E-state index in [1.54, 1.807) is 18.2 Å². The van der Waals surface area contributed by atoms with E-state index in [1.165, 1.54) is 0 Å². The lowest BCUT2D eigenvalue weighted by Gasteiger charge is -2.33. The summed E-state index contributed by atoms with van der Waals surface area (Å²) in [7, 11) is -2.24. The zero-order valence-electron chi connectivity index (χ0n) is 32.6. The fourth-order valence-corrected chi connectivity index (χ4v) is 10.1. The van der Waals surface area contributed by atoms with Crippen LogP contribution in [0.15, 0.2) is 42.6 Å². The molecule has 1 N–H and O–H groups in total. The minimum Gasteiger partial charge on any atom is -0.496 e. The molecule has 11 nitrogen and oxygen atoms in total. The van der Waals surface area contributed by atoms with Gasteiger partial charge in [-0.25, -0.2) is 13.4 Å². The third kappa shape index (κ3) is 8.84. The summed E-state index contributed by atoms with van der Waals surface area (Å²) in [6.45, 7) is 10.4. The van der Waals surface area contributed by atoms with E-state index in [9.17, 15) is 22.8 Å². The third-order valence-corrected chi connectivity index (χ3v) is 13.7. The van der Waals surface area contributed by atoms with Gasteiger partial charge in [0.1, 0.15) is 17.6 Å². The summed E-state index contributed by atoms with van der Waals surface area (Å²) in [6.07, 6.45) is 9.85. The van der Waals surface area contributed by atoms with Crippen molar-refractivity contribution in [2.45, 2.75) is 123 Å². The SMILES string of the molecule is CC[C@@H]1C[C@H](C)CC/C=C\[C@@H]2C[C@@]2(C(=O)NS(=O)(=O)C2CC2)CC(=O)[C@@H]2C[C@@H](Oc3nccc4c(OC)cccc34)CN2C(=O)[C@H]1CC(=O)CC(C)(C)C. The molecule has 12 heteroatoms. The Balaban J connectivity index is 1.36. The van der Waals surface area contributed by atoms with E-state index in [-0.39, 0.29) is 66.4 Å². The van der Waals surface area contributed by atoms with E-state index in [4.69, 9.17) is 9.47 Å². The van der Waals surface area contributed by atoms with E-state index in [0.717, 1.165) is 30.0 Å². The number of aromatic nitrogens is 1. The fraction of sp³-hybridized carbons (Fsp3) is 0.643. The van der Waals surface area contributed by atoms with E-state index in [2.05, 4.69) is 23.6 Å². The van der Waals surface area contributed by atoms with Gasteiger partial charge in [0.15, 0.2) is 5.78 Å². The Bertz CT molecular complexity index is 1900. The van der Waals surface area contributed by atoms with E-state index >= 15 is 4.79 Å². The van der Waals surface area contributed by atoms with Gasteiger partial charge < -0.3 is 14.4 Å². The Labute approximate surface area is 320 Å². The zero-order valence-corrected chi connectivity index (χ0v) is 33.5. The molecule has 0 radical (unpaired) electrons. The van der Waals surface area contributed by atoms with E-state index in [1.807, 2.05) is 57.2 Å². The monoisotopic (exact) mass is 763 g/mol. The summed E-state index contributed by atoms with van der Waals surface area (Å²) < 4.78 is 40.3. The van der Waals surface area contributed by atoms with Crippen molar-refractivity contribution in [1.29, 1.82) is 0 Å². The number of pyridine rings is 1. The maximum absolute atomic E-state index is 15.0. The van der Waals surface area contributed by atoms with Crippen molar-refractivity contribution in [1.82, 2.24) is 14.6 Å². The number of rotatable bonds is 10. The number of hydrogen-bond donors (Lipinski definition) is 1. The average Bonchev–Trinajstić information content (AvgIpc) is 4.04. The average molecular weight is 764 g/mol. The quantitative estimate of drug-likeness (QED) is 0.265. The molecule has 0 spiro atoms. The molecule has 2 aliphatic carbocycles. The number of methoxy groups -OCH3 is 1. The summed E-state index contributed by atoms with van der Waals surface area (Å²) in [6, 6.07) is 6.49. The van der Waals surface area contributed by atoms with Gasteiger partial charge in [-0.3, -0.25) is 23.9 Å². The van der Waals surface area contributed by atoms with Gasteiger partial charge in [0.2, 0.25) is 27.7 Å². The van der Waals surface area contributed by atoms with Gasteiger partial charge in [-0.15, -0.1) is 0 Å². The maximum atomic E-state index is 15.0. The molecule has 1 aromatic heterocycles. The number of carbonyl (C=O) groups excluding carboxylic acids is 4. The van der Waals surface area contributed by atoms with Gasteiger partial charge in [-0.2, -0.15) is 0 Å². The van der Waals surface area contributed by atoms with Gasteiger partial charge in [0.25, 0.3) is 0 Å². The lowest BCUT2D eigenvalue weighted by Crippen LogP contribution is -2.47. The first-order valence-corrected chi connectivity index (χ1v) is 21.3. The number of ether oxygens (including phenoxy) is 2. The fourth-order valence-electron chi connectivity index (χ4n) is 8.73. The highest BCUT2D eigenvalue weighted by atomic mass is 32.2. The van der Waals surface area contributed by atoms with Crippen LogP contribution in [0.1, 0.15) is 105 Å². The van der Waals surface area contributed by atoms with Crippen LogP contribution in [0.25, 0.3) is 10.8 Å². The molecule has 2 aromatic rings. The second-order valence-corrected chi connectivity index (χ2v) is 19.5. The molecule has 1 saturated heterocycles. The molecule has 3 heterocycles. The summed E-state index contributed by atoms with van der Waals surface area (Å²) in [5.74, 6) is -0.921. The first-order chi connectivity index (χ1) is 25.5. The normalized spacial score (nSPS) is 30.1. The number of amides is 2. The Hall–Kier alpha value is -3.80. The van der Waals surface area contributed by atoms with Crippen LogP contribution in [0.2, 0.25) is 0 Å². The van der Waals surface area contributed by atoms with Crippen LogP contribution in [0.5, 0.6) is 11.6 Å². The van der Waals surface area contributed by atoms with Crippen molar-refractivity contribution >= 4 is 44.2 Å². The molecule has 0 bridgehead atoms. The molecule has 54 heavy (non-hydrogen) atoms. The lowest BCUT2D eigenvalue weighted by molar-refractivity contribution is -0.145. The van der Waals surface area contributed by atoms with Gasteiger partial charge in [0.05, 0.1) is 30.4 Å². The van der Waals surface area contributed by atoms with Crippen molar-refractivity contribution in [2.24, 2.45) is 34.5 Å². The number of hydrogen-bond acceptors (Lipinski definition) is 9. The molecule has 2 aliphatic heterocycles. The first-order valence-electron chi connectivity index (χ1n) is 19.7. The molecule has 0 unspecified atom stereocenters. The van der Waals surface area contributed by atoms with Crippen LogP contribution in [-0.2, 0) is 29.2 Å². The van der Waals surface area contributed by atoms with Gasteiger partial charge in [0, 0.05) is 48.6 Å². The van der Waals surface area contributed by atoms with Crippen molar-refractivity contribution in [3.63, 3.8) is 0 Å². The molecule has 294 valence electrons. The van der Waals surface area contributed by atoms with Crippen LogP contribution >= 0.6 is 0 Å². The topological polar surface area (TPSA) is 149 Å². The predicted molar refractivity (Wildman–Crippen MR) is 206 cm³/mol. The number of nitrogens with one attached hydrogen (secondary N) is 1. The number of allylic oxidation sites excluding steroid dienone is 2. The van der Waals surface area contributed by atoms with Gasteiger partial charge >= 0.3 is 0 Å². The van der Waals surface area contributed by atoms with Crippen molar-refractivity contribution < 1.29 is 37.1 Å². The second kappa shape index (κ2) is 15.7. The third-order valence-electron chi connectivity index (χ3n) is 11.9. The van der Waals surface area contributed by atoms with E-state index < -0.39 is 44.7 Å². The second-order valence-electron chi connectivity index (χ2n) is 17.5. The number of fused-ring (bicyclic) bond motifs is 3. The summed E-state index contributed by atoms with van der Waals surface area (Å²) >= 11 is 0. The Morgan fingerprint density at radius 1 is 1.07 bits per heavy atom. The molecule has 7 atom stereocenters. The van der Waals surface area contributed by atoms with Crippen molar-refractivity contribution in [3.05, 3.63) is 42.6 Å². The zero-order chi connectivity index (χ0) is 39.0. The van der Waals surface area contributed by atoms with Crippen LogP contribution < -0.4 is 14.2 Å².